The van der Waals surface area contributed by atoms with Crippen molar-refractivity contribution >= 4 is 22.8 Å². The van der Waals surface area contributed by atoms with Crippen molar-refractivity contribution in [2.75, 3.05) is 18.4 Å². The van der Waals surface area contributed by atoms with E-state index in [1.165, 1.54) is 6.07 Å². The Morgan fingerprint density at radius 2 is 1.69 bits per heavy atom. The van der Waals surface area contributed by atoms with Gasteiger partial charge in [0, 0.05) is 23.8 Å². The number of nitrogens with one attached hydrogen (secondary N) is 1. The maximum Gasteiger partial charge on any atom is 0.229 e. The second-order valence-corrected chi connectivity index (χ2v) is 10.9. The number of aromatic nitrogens is 5. The van der Waals surface area contributed by atoms with Gasteiger partial charge >= 0.3 is 0 Å². The number of anilines is 2. The van der Waals surface area contributed by atoms with Crippen LogP contribution in [0, 0.1) is 24.5 Å². The van der Waals surface area contributed by atoms with Gasteiger partial charge in [0.1, 0.15) is 22.9 Å². The van der Waals surface area contributed by atoms with Gasteiger partial charge in [0.15, 0.2) is 11.6 Å². The standard InChI is InChI=1S/C29H35F2N7O/c1-16(2)37-10-8-19(9-11-37)28(39)20-6-7-25(32-14-20)35-29-33-15-23(31)26(36-29)21-12-22(30)27-24(13-21)38(17(3)4)18(5)34-27/h6-7,12-17,19,28,39H,8-11H2,1-5H3,(H,32,33,35,36)/t28-/m0/s1. The second-order valence-electron chi connectivity index (χ2n) is 10.9. The number of pyridine rings is 1. The summed E-state index contributed by atoms with van der Waals surface area (Å²) >= 11 is 0. The van der Waals surface area contributed by atoms with Crippen LogP contribution in [0.5, 0.6) is 0 Å². The van der Waals surface area contributed by atoms with Gasteiger partial charge in [-0.3, -0.25) is 0 Å². The third-order valence-electron chi connectivity index (χ3n) is 7.58. The fraction of sp³-hybridized carbons (Fsp3) is 0.448. The van der Waals surface area contributed by atoms with Crippen LogP contribution in [0.15, 0.2) is 36.7 Å². The summed E-state index contributed by atoms with van der Waals surface area (Å²) in [5.74, 6) is 0.250. The Balaban J connectivity index is 1.35. The molecule has 0 amide bonds. The Labute approximate surface area is 227 Å². The Hall–Kier alpha value is -3.50. The van der Waals surface area contributed by atoms with E-state index in [1.807, 2.05) is 31.4 Å². The van der Waals surface area contributed by atoms with Crippen molar-refractivity contribution in [1.82, 2.24) is 29.4 Å². The molecule has 0 radical (unpaired) electrons. The Morgan fingerprint density at radius 3 is 2.33 bits per heavy atom. The van der Waals surface area contributed by atoms with Crippen molar-refractivity contribution in [3.8, 4) is 11.3 Å². The van der Waals surface area contributed by atoms with Crippen LogP contribution in [-0.4, -0.2) is 53.6 Å². The van der Waals surface area contributed by atoms with Crippen LogP contribution in [0.3, 0.4) is 0 Å². The third kappa shape index (κ3) is 5.49. The van der Waals surface area contributed by atoms with Crippen LogP contribution >= 0.6 is 0 Å². The van der Waals surface area contributed by atoms with Crippen molar-refractivity contribution in [2.45, 2.75) is 65.6 Å². The van der Waals surface area contributed by atoms with Crippen LogP contribution in [0.4, 0.5) is 20.5 Å². The lowest BCUT2D eigenvalue weighted by Gasteiger charge is -2.36. The minimum Gasteiger partial charge on any atom is -0.388 e. The van der Waals surface area contributed by atoms with Crippen LogP contribution in [0.1, 0.15) is 64.1 Å². The zero-order chi connectivity index (χ0) is 27.8. The van der Waals surface area contributed by atoms with Gasteiger partial charge in [0.2, 0.25) is 5.95 Å². The van der Waals surface area contributed by atoms with E-state index in [1.54, 1.807) is 18.3 Å². The molecule has 1 aliphatic rings. The van der Waals surface area contributed by atoms with E-state index in [-0.39, 0.29) is 29.1 Å². The van der Waals surface area contributed by atoms with E-state index in [9.17, 15) is 13.9 Å². The highest BCUT2D eigenvalue weighted by Crippen LogP contribution is 2.32. The summed E-state index contributed by atoms with van der Waals surface area (Å²) < 4.78 is 31.7. The summed E-state index contributed by atoms with van der Waals surface area (Å²) in [6.07, 6.45) is 4.00. The number of nitrogens with zero attached hydrogens (tertiary/aromatic N) is 6. The lowest BCUT2D eigenvalue weighted by molar-refractivity contribution is 0.0497. The average molecular weight is 536 g/mol. The molecule has 39 heavy (non-hydrogen) atoms. The number of hydrogen-bond acceptors (Lipinski definition) is 7. The third-order valence-corrected chi connectivity index (χ3v) is 7.58. The first-order valence-corrected chi connectivity index (χ1v) is 13.5. The molecule has 0 unspecified atom stereocenters. The average Bonchev–Trinajstić information content (AvgIpc) is 3.26. The van der Waals surface area contributed by atoms with E-state index < -0.39 is 17.7 Å². The molecule has 1 fully saturated rings. The molecule has 10 heteroatoms. The van der Waals surface area contributed by atoms with E-state index >= 15 is 0 Å². The fourth-order valence-electron chi connectivity index (χ4n) is 5.48. The van der Waals surface area contributed by atoms with Crippen LogP contribution < -0.4 is 5.32 Å². The van der Waals surface area contributed by atoms with E-state index in [0.717, 1.165) is 37.7 Å². The molecule has 4 aromatic rings. The van der Waals surface area contributed by atoms with Gasteiger partial charge in [-0.05, 0) is 90.2 Å². The van der Waals surface area contributed by atoms with Crippen molar-refractivity contribution in [3.05, 3.63) is 59.7 Å². The van der Waals surface area contributed by atoms with Crippen LogP contribution in [-0.2, 0) is 0 Å². The molecule has 3 aromatic heterocycles. The monoisotopic (exact) mass is 535 g/mol. The first kappa shape index (κ1) is 27.1. The van der Waals surface area contributed by atoms with E-state index in [0.29, 0.717) is 28.8 Å². The SMILES string of the molecule is Cc1nc2c(F)cc(-c3nc(Nc4ccc([C@@H](O)C5CCN(C(C)C)CC5)cn4)ncc3F)cc2n1C(C)C. The van der Waals surface area contributed by atoms with E-state index in [4.69, 9.17) is 0 Å². The number of imidazole rings is 1. The molecule has 0 spiro atoms. The van der Waals surface area contributed by atoms with Gasteiger partial charge < -0.3 is 19.9 Å². The smallest absolute Gasteiger partial charge is 0.229 e. The number of likely N-dealkylation sites (tertiary alicyclic amines) is 1. The number of aryl methyl sites for hydroxylation is 1. The van der Waals surface area contributed by atoms with Crippen LogP contribution in [0.25, 0.3) is 22.3 Å². The summed E-state index contributed by atoms with van der Waals surface area (Å²) in [6, 6.07) is 7.08. The molecule has 1 saturated heterocycles. The second kappa shape index (κ2) is 10.9. The zero-order valence-corrected chi connectivity index (χ0v) is 23.0. The summed E-state index contributed by atoms with van der Waals surface area (Å²) in [5, 5.41) is 13.9. The predicted molar refractivity (Wildman–Crippen MR) is 148 cm³/mol. The summed E-state index contributed by atoms with van der Waals surface area (Å²) in [7, 11) is 0. The molecule has 206 valence electrons. The Bertz CT molecular complexity index is 1460. The largest absolute Gasteiger partial charge is 0.388 e. The van der Waals surface area contributed by atoms with E-state index in [2.05, 4.69) is 44.0 Å². The van der Waals surface area contributed by atoms with Crippen molar-refractivity contribution < 1.29 is 13.9 Å². The topological polar surface area (TPSA) is 92.0 Å². The van der Waals surface area contributed by atoms with Gasteiger partial charge in [0.25, 0.3) is 0 Å². The molecule has 1 aliphatic heterocycles. The normalized spacial score (nSPS) is 15.9. The number of aliphatic hydroxyl groups is 1. The number of halogens is 2. The highest BCUT2D eigenvalue weighted by molar-refractivity contribution is 5.83. The van der Waals surface area contributed by atoms with Gasteiger partial charge in [-0.1, -0.05) is 6.07 Å². The maximum absolute atomic E-state index is 15.0. The number of piperidine rings is 1. The zero-order valence-electron chi connectivity index (χ0n) is 23.0. The Morgan fingerprint density at radius 1 is 0.949 bits per heavy atom. The highest BCUT2D eigenvalue weighted by atomic mass is 19.1. The number of aliphatic hydroxyl groups excluding tert-OH is 1. The molecule has 1 aromatic carbocycles. The summed E-state index contributed by atoms with van der Waals surface area (Å²) in [4.78, 5) is 19.6. The van der Waals surface area contributed by atoms with Gasteiger partial charge in [-0.15, -0.1) is 0 Å². The predicted octanol–water partition coefficient (Wildman–Crippen LogP) is 5.95. The minimum absolute atomic E-state index is 0.0257. The highest BCUT2D eigenvalue weighted by Gasteiger charge is 2.27. The molecular formula is C29H35F2N7O. The first-order chi connectivity index (χ1) is 18.6. The molecule has 8 nitrogen and oxygen atoms in total. The molecule has 0 saturated carbocycles. The fourth-order valence-corrected chi connectivity index (χ4v) is 5.48. The molecule has 1 atom stereocenters. The van der Waals surface area contributed by atoms with Gasteiger partial charge in [-0.25, -0.2) is 28.7 Å². The van der Waals surface area contributed by atoms with Gasteiger partial charge in [-0.2, -0.15) is 0 Å². The molecule has 0 aliphatic carbocycles. The molecule has 4 heterocycles. The molecule has 5 rings (SSSR count). The number of rotatable bonds is 7. The van der Waals surface area contributed by atoms with Crippen molar-refractivity contribution in [1.29, 1.82) is 0 Å². The summed E-state index contributed by atoms with van der Waals surface area (Å²) in [5.41, 5.74) is 1.84. The van der Waals surface area contributed by atoms with Crippen LogP contribution in [0.2, 0.25) is 0 Å². The number of benzene rings is 1. The first-order valence-electron chi connectivity index (χ1n) is 13.5. The Kier molecular flexibility index (Phi) is 7.59. The molecule has 2 N–H and O–H groups in total. The molecular weight excluding hydrogens is 500 g/mol. The number of fused-ring (bicyclic) bond motifs is 1. The lowest BCUT2D eigenvalue weighted by atomic mass is 9.87. The number of hydrogen-bond donors (Lipinski definition) is 2. The quantitative estimate of drug-likeness (QED) is 0.302. The lowest BCUT2D eigenvalue weighted by Crippen LogP contribution is -2.39. The van der Waals surface area contributed by atoms with Crippen molar-refractivity contribution in [2.24, 2.45) is 5.92 Å². The van der Waals surface area contributed by atoms with Crippen molar-refractivity contribution in [3.63, 3.8) is 0 Å². The van der Waals surface area contributed by atoms with Gasteiger partial charge in [0.05, 0.1) is 17.8 Å². The summed E-state index contributed by atoms with van der Waals surface area (Å²) in [6.45, 7) is 12.1. The molecule has 0 bridgehead atoms. The minimum atomic E-state index is -0.665. The maximum atomic E-state index is 15.0.